The molecule has 0 aliphatic heterocycles. The summed E-state index contributed by atoms with van der Waals surface area (Å²) in [5.74, 6) is -0.829. The van der Waals surface area contributed by atoms with Gasteiger partial charge in [0.25, 0.3) is 0 Å². The van der Waals surface area contributed by atoms with Gasteiger partial charge in [-0.05, 0) is 19.3 Å². The van der Waals surface area contributed by atoms with Crippen molar-refractivity contribution in [3.63, 3.8) is 0 Å². The molecule has 0 rings (SSSR count). The van der Waals surface area contributed by atoms with Crippen molar-refractivity contribution in [3.8, 4) is 0 Å². The lowest BCUT2D eigenvalue weighted by atomic mass is 10.0. The molecular weight excluding hydrogens is 817 g/mol. The Morgan fingerprint density at radius 2 is 0.409 bits per heavy atom. The summed E-state index contributed by atoms with van der Waals surface area (Å²) in [5, 5.41) is 0. The lowest BCUT2D eigenvalue weighted by Gasteiger charge is -2.18. The second-order valence-electron chi connectivity index (χ2n) is 20.6. The molecule has 0 spiro atoms. The van der Waals surface area contributed by atoms with Gasteiger partial charge in [0.1, 0.15) is 13.2 Å². The third kappa shape index (κ3) is 53.4. The van der Waals surface area contributed by atoms with E-state index in [1.54, 1.807) is 0 Å². The van der Waals surface area contributed by atoms with Crippen molar-refractivity contribution in [1.29, 1.82) is 0 Å². The fourth-order valence-electron chi connectivity index (χ4n) is 9.33. The van der Waals surface area contributed by atoms with Crippen molar-refractivity contribution >= 4 is 17.9 Å². The predicted octanol–water partition coefficient (Wildman–Crippen LogP) is 19.9. The molecule has 0 aromatic carbocycles. The Hall–Kier alpha value is -1.59. The van der Waals surface area contributed by atoms with Crippen LogP contribution in [0.2, 0.25) is 0 Å². The zero-order valence-electron chi connectivity index (χ0n) is 45.0. The van der Waals surface area contributed by atoms with E-state index in [4.69, 9.17) is 14.2 Å². The van der Waals surface area contributed by atoms with Gasteiger partial charge in [-0.25, -0.2) is 0 Å². The minimum atomic E-state index is -0.761. The van der Waals surface area contributed by atoms with Gasteiger partial charge in [0.15, 0.2) is 6.10 Å². The third-order valence-corrected chi connectivity index (χ3v) is 13.9. The van der Waals surface area contributed by atoms with E-state index in [1.165, 1.54) is 250 Å². The van der Waals surface area contributed by atoms with Gasteiger partial charge in [-0.2, -0.15) is 0 Å². The molecule has 0 radical (unpaired) electrons. The third-order valence-electron chi connectivity index (χ3n) is 13.9. The van der Waals surface area contributed by atoms with E-state index >= 15 is 0 Å². The first-order valence-electron chi connectivity index (χ1n) is 30.0. The maximum Gasteiger partial charge on any atom is 0.306 e. The Bertz CT molecular complexity index is 982. The van der Waals surface area contributed by atoms with Gasteiger partial charge in [0.05, 0.1) is 0 Å². The number of esters is 3. The second kappa shape index (κ2) is 56.0. The standard InChI is InChI=1S/C60H116O6/c1-4-7-10-13-16-19-22-25-28-30-31-33-35-38-41-44-47-50-53-59(62)65-56-57(55-64-58(61)52-49-46-43-40-37-34-27-24-21-18-15-12-9-6-3)66-60(63)54-51-48-45-42-39-36-32-29-26-23-20-17-14-11-8-5-2/h57H,4-56H2,1-3H3/t57-/m0/s1. The first-order chi connectivity index (χ1) is 32.5. The van der Waals surface area contributed by atoms with E-state index < -0.39 is 6.10 Å². The second-order valence-corrected chi connectivity index (χ2v) is 20.6. The average molecular weight is 934 g/mol. The Labute approximate surface area is 412 Å². The van der Waals surface area contributed by atoms with Crippen LogP contribution in [0.15, 0.2) is 0 Å². The quantitative estimate of drug-likeness (QED) is 0.0343. The smallest absolute Gasteiger partial charge is 0.306 e. The molecular formula is C60H116O6. The Morgan fingerprint density at radius 1 is 0.242 bits per heavy atom. The van der Waals surface area contributed by atoms with Crippen LogP contribution >= 0.6 is 0 Å². The predicted molar refractivity (Wildman–Crippen MR) is 284 cm³/mol. The zero-order valence-corrected chi connectivity index (χ0v) is 45.0. The molecule has 0 unspecified atom stereocenters. The molecule has 0 aromatic heterocycles. The highest BCUT2D eigenvalue weighted by molar-refractivity contribution is 5.71. The minimum Gasteiger partial charge on any atom is -0.462 e. The Morgan fingerprint density at radius 3 is 0.606 bits per heavy atom. The number of rotatable bonds is 56. The summed E-state index contributed by atoms with van der Waals surface area (Å²) < 4.78 is 16.9. The highest BCUT2D eigenvalue weighted by atomic mass is 16.6. The van der Waals surface area contributed by atoms with E-state index in [2.05, 4.69) is 20.8 Å². The number of carbonyl (C=O) groups excluding carboxylic acids is 3. The summed E-state index contributed by atoms with van der Waals surface area (Å²) in [6.45, 7) is 6.72. The molecule has 0 heterocycles. The molecule has 0 bridgehead atoms. The van der Waals surface area contributed by atoms with Crippen LogP contribution in [-0.4, -0.2) is 37.2 Å². The van der Waals surface area contributed by atoms with Crippen LogP contribution in [0.4, 0.5) is 0 Å². The van der Waals surface area contributed by atoms with Crippen molar-refractivity contribution in [2.24, 2.45) is 0 Å². The number of ether oxygens (including phenoxy) is 3. The average Bonchev–Trinajstić information content (AvgIpc) is 3.31. The number of unbranched alkanes of at least 4 members (excludes halogenated alkanes) is 45. The van der Waals surface area contributed by atoms with Gasteiger partial charge in [0.2, 0.25) is 0 Å². The summed E-state index contributed by atoms with van der Waals surface area (Å²) in [5.41, 5.74) is 0. The summed E-state index contributed by atoms with van der Waals surface area (Å²) in [6, 6.07) is 0. The number of carbonyl (C=O) groups is 3. The van der Waals surface area contributed by atoms with Crippen molar-refractivity contribution < 1.29 is 28.6 Å². The highest BCUT2D eigenvalue weighted by Crippen LogP contribution is 2.18. The van der Waals surface area contributed by atoms with Crippen molar-refractivity contribution in [2.45, 2.75) is 354 Å². The lowest BCUT2D eigenvalue weighted by Crippen LogP contribution is -2.30. The van der Waals surface area contributed by atoms with Crippen LogP contribution in [0, 0.1) is 0 Å². The molecule has 0 aliphatic carbocycles. The maximum atomic E-state index is 12.9. The molecule has 0 amide bonds. The van der Waals surface area contributed by atoms with Crippen LogP contribution in [0.3, 0.4) is 0 Å². The topological polar surface area (TPSA) is 78.9 Å². The first-order valence-corrected chi connectivity index (χ1v) is 30.0. The SMILES string of the molecule is CCCCCCCCCCCCCCCCCCCCC(=O)OC[C@H](COC(=O)CCCCCCCCCCCCCCCC)OC(=O)CCCCCCCCCCCCCCCCCC. The van der Waals surface area contributed by atoms with E-state index in [0.29, 0.717) is 19.3 Å². The molecule has 0 fully saturated rings. The summed E-state index contributed by atoms with van der Waals surface area (Å²) in [4.78, 5) is 38.2. The monoisotopic (exact) mass is 933 g/mol. The van der Waals surface area contributed by atoms with Gasteiger partial charge in [-0.3, -0.25) is 14.4 Å². The maximum absolute atomic E-state index is 12.9. The van der Waals surface area contributed by atoms with Gasteiger partial charge in [0, 0.05) is 19.3 Å². The summed E-state index contributed by atoms with van der Waals surface area (Å²) in [6.07, 6.45) is 62.4. The van der Waals surface area contributed by atoms with E-state index in [-0.39, 0.29) is 31.1 Å². The molecule has 0 aliphatic rings. The first kappa shape index (κ1) is 64.4. The number of hydrogen-bond donors (Lipinski definition) is 0. The van der Waals surface area contributed by atoms with Crippen molar-refractivity contribution in [2.75, 3.05) is 13.2 Å². The minimum absolute atomic E-state index is 0.0608. The molecule has 0 N–H and O–H groups in total. The Balaban J connectivity index is 4.28. The molecule has 0 aromatic rings. The van der Waals surface area contributed by atoms with Crippen LogP contribution in [0.1, 0.15) is 348 Å². The van der Waals surface area contributed by atoms with E-state index in [1.807, 2.05) is 0 Å². The largest absolute Gasteiger partial charge is 0.462 e. The van der Waals surface area contributed by atoms with Crippen molar-refractivity contribution in [1.82, 2.24) is 0 Å². The zero-order chi connectivity index (χ0) is 47.9. The number of hydrogen-bond acceptors (Lipinski definition) is 6. The fraction of sp³-hybridized carbons (Fsp3) is 0.950. The molecule has 66 heavy (non-hydrogen) atoms. The van der Waals surface area contributed by atoms with Crippen LogP contribution in [0.5, 0.6) is 0 Å². The van der Waals surface area contributed by atoms with Crippen LogP contribution in [-0.2, 0) is 28.6 Å². The van der Waals surface area contributed by atoms with Gasteiger partial charge in [-0.1, -0.05) is 310 Å². The summed E-state index contributed by atoms with van der Waals surface area (Å²) in [7, 11) is 0. The normalized spacial score (nSPS) is 11.9. The fourth-order valence-corrected chi connectivity index (χ4v) is 9.33. The van der Waals surface area contributed by atoms with Gasteiger partial charge in [-0.15, -0.1) is 0 Å². The molecule has 392 valence electrons. The molecule has 6 nitrogen and oxygen atoms in total. The lowest BCUT2D eigenvalue weighted by molar-refractivity contribution is -0.167. The van der Waals surface area contributed by atoms with Gasteiger partial charge >= 0.3 is 17.9 Å². The Kier molecular flexibility index (Phi) is 54.7. The molecule has 0 saturated carbocycles. The highest BCUT2D eigenvalue weighted by Gasteiger charge is 2.19. The van der Waals surface area contributed by atoms with Crippen LogP contribution in [0.25, 0.3) is 0 Å². The van der Waals surface area contributed by atoms with E-state index in [0.717, 1.165) is 57.8 Å². The molecule has 0 saturated heterocycles. The summed E-state index contributed by atoms with van der Waals surface area (Å²) >= 11 is 0. The van der Waals surface area contributed by atoms with Crippen molar-refractivity contribution in [3.05, 3.63) is 0 Å². The van der Waals surface area contributed by atoms with E-state index in [9.17, 15) is 14.4 Å². The van der Waals surface area contributed by atoms with Crippen LogP contribution < -0.4 is 0 Å². The molecule has 6 heteroatoms. The molecule has 1 atom stereocenters. The van der Waals surface area contributed by atoms with Gasteiger partial charge < -0.3 is 14.2 Å².